The number of alkyl halides is 2. The summed E-state index contributed by atoms with van der Waals surface area (Å²) in [6.07, 6.45) is 5.60. The number of amides is 1. The van der Waals surface area contributed by atoms with Gasteiger partial charge >= 0.3 is 6.61 Å². The molecule has 32 heavy (non-hydrogen) atoms. The highest BCUT2D eigenvalue weighted by molar-refractivity contribution is 6.19. The zero-order valence-corrected chi connectivity index (χ0v) is 18.7. The van der Waals surface area contributed by atoms with E-state index in [0.717, 1.165) is 43.1 Å². The van der Waals surface area contributed by atoms with Gasteiger partial charge in [-0.3, -0.25) is 4.79 Å². The van der Waals surface area contributed by atoms with Crippen LogP contribution in [0.2, 0.25) is 0 Å². The summed E-state index contributed by atoms with van der Waals surface area (Å²) < 4.78 is 40.5. The zero-order valence-electron chi connectivity index (χ0n) is 18.7. The lowest BCUT2D eigenvalue weighted by atomic mass is 9.89. The van der Waals surface area contributed by atoms with Gasteiger partial charge in [-0.15, -0.1) is 0 Å². The predicted octanol–water partition coefficient (Wildman–Crippen LogP) is 4.86. The van der Waals surface area contributed by atoms with Gasteiger partial charge < -0.3 is 19.1 Å². The van der Waals surface area contributed by atoms with Gasteiger partial charge in [-0.1, -0.05) is 24.3 Å². The molecule has 1 aliphatic rings. The van der Waals surface area contributed by atoms with Crippen LogP contribution in [0.5, 0.6) is 11.5 Å². The molecule has 2 aromatic rings. The summed E-state index contributed by atoms with van der Waals surface area (Å²) in [5.74, 6) is 0.864. The van der Waals surface area contributed by atoms with E-state index in [9.17, 15) is 13.6 Å². The summed E-state index contributed by atoms with van der Waals surface area (Å²) in [7, 11) is 4.79. The molecule has 0 N–H and O–H groups in total. The fraction of sp³-hybridized carbons (Fsp3) is 0.400. The Balaban J connectivity index is 1.76. The van der Waals surface area contributed by atoms with Gasteiger partial charge in [0.1, 0.15) is 6.26 Å². The molecule has 0 saturated heterocycles. The number of halogens is 2. The molecule has 0 radical (unpaired) electrons. The highest BCUT2D eigenvalue weighted by Gasteiger charge is 2.20. The van der Waals surface area contributed by atoms with Crippen LogP contribution in [0.3, 0.4) is 0 Å². The van der Waals surface area contributed by atoms with E-state index in [-0.39, 0.29) is 11.5 Å². The Morgan fingerprint density at radius 3 is 2.44 bits per heavy atom. The zero-order chi connectivity index (χ0) is 23.1. The maximum absolute atomic E-state index is 13.2. The van der Waals surface area contributed by atoms with Gasteiger partial charge in [0.15, 0.2) is 11.5 Å². The summed E-state index contributed by atoms with van der Waals surface area (Å²) in [4.78, 5) is 14.7. The largest absolute Gasteiger partial charge is 0.493 e. The van der Waals surface area contributed by atoms with Crippen molar-refractivity contribution in [1.82, 2.24) is 4.90 Å². The lowest BCUT2D eigenvalue weighted by Gasteiger charge is -2.21. The number of nitrogens with zero attached hydrogens (tertiary/aromatic N) is 1. The van der Waals surface area contributed by atoms with Crippen molar-refractivity contribution in [3.8, 4) is 11.5 Å². The van der Waals surface area contributed by atoms with Crippen molar-refractivity contribution in [3.63, 3.8) is 0 Å². The molecular weight excluding hydrogens is 416 g/mol. The molecule has 0 saturated carbocycles. The molecule has 172 valence electrons. The van der Waals surface area contributed by atoms with E-state index in [1.54, 1.807) is 21.3 Å². The topological polar surface area (TPSA) is 48.0 Å². The third-order valence-electron chi connectivity index (χ3n) is 5.71. The van der Waals surface area contributed by atoms with E-state index in [1.807, 2.05) is 36.4 Å². The fourth-order valence-corrected chi connectivity index (χ4v) is 3.90. The summed E-state index contributed by atoms with van der Waals surface area (Å²) in [5.41, 5.74) is 4.09. The average molecular weight is 446 g/mol. The molecule has 0 bridgehead atoms. The Kier molecular flexibility index (Phi) is 8.09. The molecule has 0 heterocycles. The summed E-state index contributed by atoms with van der Waals surface area (Å²) in [5, 5.41) is 0. The van der Waals surface area contributed by atoms with Crippen molar-refractivity contribution >= 4 is 11.5 Å². The molecule has 3 rings (SSSR count). The minimum absolute atomic E-state index is 0.119. The first kappa shape index (κ1) is 23.6. The Labute approximate surface area is 187 Å². The monoisotopic (exact) mass is 445 g/mol. The Morgan fingerprint density at radius 2 is 1.75 bits per heavy atom. The first-order valence-corrected chi connectivity index (χ1v) is 10.6. The van der Waals surface area contributed by atoms with E-state index >= 15 is 0 Å². The van der Waals surface area contributed by atoms with E-state index in [0.29, 0.717) is 30.0 Å². The van der Waals surface area contributed by atoms with Crippen LogP contribution < -0.4 is 9.47 Å². The summed E-state index contributed by atoms with van der Waals surface area (Å²) >= 11 is 0. The number of hydrogen-bond acceptors (Lipinski definition) is 4. The van der Waals surface area contributed by atoms with Gasteiger partial charge in [0.05, 0.1) is 19.8 Å². The number of hydrogen-bond donors (Lipinski definition) is 0. The second-order valence-electron chi connectivity index (χ2n) is 7.78. The molecule has 0 fully saturated rings. The number of methoxy groups -OCH3 is 2. The summed E-state index contributed by atoms with van der Waals surface area (Å²) in [6.45, 7) is -2.60. The van der Waals surface area contributed by atoms with Crippen LogP contribution >= 0.6 is 0 Å². The molecule has 0 unspecified atom stereocenters. The lowest BCUT2D eigenvalue weighted by molar-refractivity contribution is -0.124. The Morgan fingerprint density at radius 1 is 1.03 bits per heavy atom. The van der Waals surface area contributed by atoms with Crippen LogP contribution in [0.1, 0.15) is 35.1 Å². The van der Waals surface area contributed by atoms with Crippen LogP contribution in [0.15, 0.2) is 42.7 Å². The number of likely N-dealkylation sites (N-methyl/N-ethyl adjacent to an activating group) is 1. The molecule has 1 aliphatic carbocycles. The highest BCUT2D eigenvalue weighted by atomic mass is 19.3. The quantitative estimate of drug-likeness (QED) is 0.408. The number of rotatable bonds is 9. The van der Waals surface area contributed by atoms with Crippen molar-refractivity contribution in [2.75, 3.05) is 27.8 Å². The minimum Gasteiger partial charge on any atom is -0.493 e. The molecule has 0 spiro atoms. The maximum Gasteiger partial charge on any atom is 0.386 e. The third-order valence-corrected chi connectivity index (χ3v) is 5.71. The SMILES string of the molecule is COc1ccc(CCN(C)C(=O)/C(=C/OC(F)F)c2ccc3c(c2)CCCC3)cc1OC. The van der Waals surface area contributed by atoms with Crippen LogP contribution in [-0.4, -0.2) is 45.2 Å². The average Bonchev–Trinajstić information content (AvgIpc) is 2.81. The Bertz CT molecular complexity index is 974. The number of aryl methyl sites for hydroxylation is 2. The molecule has 5 nitrogen and oxygen atoms in total. The van der Waals surface area contributed by atoms with E-state index in [2.05, 4.69) is 4.74 Å². The van der Waals surface area contributed by atoms with Gasteiger partial charge in [-0.2, -0.15) is 8.78 Å². The lowest BCUT2D eigenvalue weighted by Crippen LogP contribution is -2.30. The van der Waals surface area contributed by atoms with Gasteiger partial charge in [-0.05, 0) is 66.5 Å². The second kappa shape index (κ2) is 11.0. The Hall–Kier alpha value is -3.09. The number of fused-ring (bicyclic) bond motifs is 1. The molecule has 7 heteroatoms. The summed E-state index contributed by atoms with van der Waals surface area (Å²) in [6, 6.07) is 11.3. The second-order valence-corrected chi connectivity index (χ2v) is 7.78. The van der Waals surface area contributed by atoms with E-state index in [1.165, 1.54) is 10.5 Å². The van der Waals surface area contributed by atoms with Crippen LogP contribution in [-0.2, 0) is 28.8 Å². The molecule has 2 aromatic carbocycles. The van der Waals surface area contributed by atoms with Gasteiger partial charge in [0.2, 0.25) is 0 Å². The maximum atomic E-state index is 13.2. The van der Waals surface area contributed by atoms with E-state index < -0.39 is 6.61 Å². The third kappa shape index (κ3) is 5.78. The molecule has 1 amide bonds. The predicted molar refractivity (Wildman–Crippen MR) is 119 cm³/mol. The van der Waals surface area contributed by atoms with Crippen LogP contribution in [0.25, 0.3) is 5.57 Å². The molecule has 0 aliphatic heterocycles. The number of ether oxygens (including phenoxy) is 3. The smallest absolute Gasteiger partial charge is 0.386 e. The molecule has 0 atom stereocenters. The van der Waals surface area contributed by atoms with Crippen LogP contribution in [0.4, 0.5) is 8.78 Å². The minimum atomic E-state index is -2.99. The van der Waals surface area contributed by atoms with Crippen molar-refractivity contribution in [2.24, 2.45) is 0 Å². The van der Waals surface area contributed by atoms with E-state index in [4.69, 9.17) is 9.47 Å². The van der Waals surface area contributed by atoms with Crippen molar-refractivity contribution in [2.45, 2.75) is 38.7 Å². The van der Waals surface area contributed by atoms with Gasteiger partial charge in [-0.25, -0.2) is 0 Å². The highest BCUT2D eigenvalue weighted by Crippen LogP contribution is 2.29. The van der Waals surface area contributed by atoms with Gasteiger partial charge in [0.25, 0.3) is 5.91 Å². The van der Waals surface area contributed by atoms with Gasteiger partial charge in [0, 0.05) is 13.6 Å². The molecular formula is C25H29F2NO4. The molecule has 0 aromatic heterocycles. The number of carbonyl (C=O) groups excluding carboxylic acids is 1. The first-order valence-electron chi connectivity index (χ1n) is 10.6. The first-order chi connectivity index (χ1) is 15.4. The normalized spacial score (nSPS) is 13.5. The van der Waals surface area contributed by atoms with Crippen molar-refractivity contribution in [3.05, 3.63) is 64.9 Å². The standard InChI is InChI=1S/C25H29F2NO4/c1-28(13-12-17-8-11-22(30-2)23(14-17)31-3)24(29)21(16-32-25(26)27)20-10-9-18-6-4-5-7-19(18)15-20/h8-11,14-16,25H,4-7,12-13H2,1-3H3/b21-16+. The number of benzene rings is 2. The number of carbonyl (C=O) groups is 1. The van der Waals surface area contributed by atoms with Crippen LogP contribution in [0, 0.1) is 0 Å². The fourth-order valence-electron chi connectivity index (χ4n) is 3.90. The van der Waals surface area contributed by atoms with Crippen molar-refractivity contribution in [1.29, 1.82) is 0 Å². The van der Waals surface area contributed by atoms with Crippen molar-refractivity contribution < 1.29 is 27.8 Å².